The maximum Gasteiger partial charge on any atom is 0.125 e. The third-order valence-corrected chi connectivity index (χ3v) is 4.74. The molecule has 0 amide bonds. The molecule has 19 heavy (non-hydrogen) atoms. The molecule has 0 saturated carbocycles. The number of nitrogens with one attached hydrogen (secondary N) is 1. The summed E-state index contributed by atoms with van der Waals surface area (Å²) < 4.78 is 5.62. The molecule has 2 nitrogen and oxygen atoms in total. The lowest BCUT2D eigenvalue weighted by molar-refractivity contribution is 0.402. The minimum absolute atomic E-state index is 0.167. The first-order valence-corrected chi connectivity index (χ1v) is 8.01. The summed E-state index contributed by atoms with van der Waals surface area (Å²) in [7, 11) is 0. The molecule has 2 heterocycles. The van der Waals surface area contributed by atoms with Crippen LogP contribution in [0.25, 0.3) is 0 Å². The van der Waals surface area contributed by atoms with Crippen molar-refractivity contribution in [3.63, 3.8) is 0 Å². The summed E-state index contributed by atoms with van der Waals surface area (Å²) in [6.07, 6.45) is 4.32. The number of hydrogen-bond donors (Lipinski definition) is 1. The fourth-order valence-electron chi connectivity index (χ4n) is 2.55. The van der Waals surface area contributed by atoms with Crippen LogP contribution in [0.15, 0.2) is 53.1 Å². The Hall–Kier alpha value is -1.19. The van der Waals surface area contributed by atoms with Crippen LogP contribution >= 0.6 is 11.8 Å². The van der Waals surface area contributed by atoms with E-state index in [-0.39, 0.29) is 6.04 Å². The predicted octanol–water partition coefficient (Wildman–Crippen LogP) is 3.85. The summed E-state index contributed by atoms with van der Waals surface area (Å²) in [5.41, 5.74) is 1.27. The van der Waals surface area contributed by atoms with Gasteiger partial charge in [0, 0.05) is 11.8 Å². The topological polar surface area (TPSA) is 25.2 Å². The van der Waals surface area contributed by atoms with E-state index in [1.54, 1.807) is 6.26 Å². The number of thioether (sulfide) groups is 1. The van der Waals surface area contributed by atoms with Gasteiger partial charge in [0.2, 0.25) is 0 Å². The largest absolute Gasteiger partial charge is 0.467 e. The van der Waals surface area contributed by atoms with Crippen molar-refractivity contribution in [3.8, 4) is 0 Å². The van der Waals surface area contributed by atoms with Crippen LogP contribution in [-0.2, 0) is 0 Å². The quantitative estimate of drug-likeness (QED) is 0.916. The first-order valence-electron chi connectivity index (χ1n) is 6.85. The van der Waals surface area contributed by atoms with Crippen molar-refractivity contribution in [3.05, 3.63) is 60.1 Å². The van der Waals surface area contributed by atoms with E-state index in [9.17, 15) is 0 Å². The molecule has 0 bridgehead atoms. The number of hydrogen-bond acceptors (Lipinski definition) is 3. The summed E-state index contributed by atoms with van der Waals surface area (Å²) in [6.45, 7) is 0. The smallest absolute Gasteiger partial charge is 0.125 e. The second-order valence-electron chi connectivity index (χ2n) is 4.94. The molecule has 100 valence electrons. The van der Waals surface area contributed by atoms with Crippen molar-refractivity contribution in [2.45, 2.75) is 24.9 Å². The summed E-state index contributed by atoms with van der Waals surface area (Å²) in [5.74, 6) is 3.50. The van der Waals surface area contributed by atoms with Crippen LogP contribution in [0.1, 0.15) is 30.2 Å². The Morgan fingerprint density at radius 1 is 1.16 bits per heavy atom. The third kappa shape index (κ3) is 3.23. The molecule has 1 aromatic heterocycles. The van der Waals surface area contributed by atoms with Gasteiger partial charge >= 0.3 is 0 Å². The van der Waals surface area contributed by atoms with Gasteiger partial charge in [0.05, 0.1) is 12.3 Å². The zero-order valence-corrected chi connectivity index (χ0v) is 11.7. The molecular formula is C16H19NOS. The molecule has 0 aliphatic carbocycles. The highest BCUT2D eigenvalue weighted by molar-refractivity contribution is 7.99. The van der Waals surface area contributed by atoms with E-state index in [4.69, 9.17) is 4.42 Å². The second kappa shape index (κ2) is 6.31. The van der Waals surface area contributed by atoms with E-state index < -0.39 is 0 Å². The fourth-order valence-corrected chi connectivity index (χ4v) is 3.64. The standard InChI is InChI=1S/C16H19NOS/c1-2-6-13(7-3-1)16(15-9-4-10-18-15)17-14-8-5-11-19-12-14/h1-4,6-7,9-10,14,16-17H,5,8,11-12H2. The van der Waals surface area contributed by atoms with E-state index in [2.05, 4.69) is 41.7 Å². The molecule has 0 radical (unpaired) electrons. The maximum atomic E-state index is 5.62. The Labute approximate surface area is 118 Å². The van der Waals surface area contributed by atoms with Crippen LogP contribution in [0, 0.1) is 0 Å². The van der Waals surface area contributed by atoms with Crippen LogP contribution < -0.4 is 5.32 Å². The van der Waals surface area contributed by atoms with E-state index in [0.717, 1.165) is 5.76 Å². The molecule has 3 heteroatoms. The minimum atomic E-state index is 0.167. The van der Waals surface area contributed by atoms with Gasteiger partial charge in [-0.3, -0.25) is 0 Å². The van der Waals surface area contributed by atoms with Crippen molar-refractivity contribution >= 4 is 11.8 Å². The lowest BCUT2D eigenvalue weighted by Crippen LogP contribution is -2.37. The fraction of sp³-hybridized carbons (Fsp3) is 0.375. The molecule has 2 aromatic rings. The summed E-state index contributed by atoms with van der Waals surface area (Å²) in [5, 5.41) is 3.76. The molecule has 1 aliphatic rings. The Balaban J connectivity index is 1.80. The van der Waals surface area contributed by atoms with Crippen LogP contribution in [-0.4, -0.2) is 17.5 Å². The van der Waals surface area contributed by atoms with Crippen molar-refractivity contribution in [2.24, 2.45) is 0 Å². The van der Waals surface area contributed by atoms with Gasteiger partial charge in [0.25, 0.3) is 0 Å². The second-order valence-corrected chi connectivity index (χ2v) is 6.09. The molecule has 2 unspecified atom stereocenters. The summed E-state index contributed by atoms with van der Waals surface area (Å²) in [6, 6.07) is 15.3. The summed E-state index contributed by atoms with van der Waals surface area (Å²) in [4.78, 5) is 0. The average Bonchev–Trinajstić information content (AvgIpc) is 3.01. The van der Waals surface area contributed by atoms with Crippen molar-refractivity contribution in [1.29, 1.82) is 0 Å². The van der Waals surface area contributed by atoms with Gasteiger partial charge in [-0.15, -0.1) is 0 Å². The third-order valence-electron chi connectivity index (χ3n) is 3.52. The van der Waals surface area contributed by atoms with E-state index >= 15 is 0 Å². The zero-order valence-electron chi connectivity index (χ0n) is 10.9. The number of furan rings is 1. The molecule has 1 aromatic carbocycles. The van der Waals surface area contributed by atoms with Gasteiger partial charge in [-0.1, -0.05) is 30.3 Å². The van der Waals surface area contributed by atoms with E-state index in [1.165, 1.54) is 29.9 Å². The van der Waals surface area contributed by atoms with Gasteiger partial charge in [0.15, 0.2) is 0 Å². The van der Waals surface area contributed by atoms with Crippen LogP contribution in [0.4, 0.5) is 0 Å². The van der Waals surface area contributed by atoms with Gasteiger partial charge in [-0.2, -0.15) is 11.8 Å². The van der Waals surface area contributed by atoms with Crippen LogP contribution in [0.2, 0.25) is 0 Å². The SMILES string of the molecule is c1ccc(C(NC2CCCSC2)c2ccco2)cc1. The van der Waals surface area contributed by atoms with Gasteiger partial charge in [0.1, 0.15) is 5.76 Å². The van der Waals surface area contributed by atoms with Gasteiger partial charge < -0.3 is 9.73 Å². The summed E-state index contributed by atoms with van der Waals surface area (Å²) >= 11 is 2.04. The zero-order chi connectivity index (χ0) is 12.9. The molecule has 0 spiro atoms. The van der Waals surface area contributed by atoms with Crippen LogP contribution in [0.3, 0.4) is 0 Å². The molecule has 1 N–H and O–H groups in total. The normalized spacial score (nSPS) is 21.2. The van der Waals surface area contributed by atoms with E-state index in [0.29, 0.717) is 6.04 Å². The minimum Gasteiger partial charge on any atom is -0.467 e. The van der Waals surface area contributed by atoms with E-state index in [1.807, 2.05) is 17.8 Å². The molecule has 1 fully saturated rings. The van der Waals surface area contributed by atoms with Crippen molar-refractivity contribution in [2.75, 3.05) is 11.5 Å². The van der Waals surface area contributed by atoms with Gasteiger partial charge in [-0.25, -0.2) is 0 Å². The first kappa shape index (κ1) is 12.8. The molecule has 1 aliphatic heterocycles. The number of benzene rings is 1. The molecule has 3 rings (SSSR count). The maximum absolute atomic E-state index is 5.62. The van der Waals surface area contributed by atoms with Crippen molar-refractivity contribution < 1.29 is 4.42 Å². The Morgan fingerprint density at radius 3 is 2.74 bits per heavy atom. The van der Waals surface area contributed by atoms with Crippen LogP contribution in [0.5, 0.6) is 0 Å². The lowest BCUT2D eigenvalue weighted by atomic mass is 10.0. The lowest BCUT2D eigenvalue weighted by Gasteiger charge is -2.27. The van der Waals surface area contributed by atoms with Gasteiger partial charge in [-0.05, 0) is 36.3 Å². The average molecular weight is 273 g/mol. The Kier molecular flexibility index (Phi) is 4.26. The Bertz CT molecular complexity index is 477. The molecular weight excluding hydrogens is 254 g/mol. The predicted molar refractivity (Wildman–Crippen MR) is 80.5 cm³/mol. The number of rotatable bonds is 4. The Morgan fingerprint density at radius 2 is 2.05 bits per heavy atom. The molecule has 2 atom stereocenters. The highest BCUT2D eigenvalue weighted by Gasteiger charge is 2.22. The first-order chi connectivity index (χ1) is 9.43. The van der Waals surface area contributed by atoms with Crippen molar-refractivity contribution in [1.82, 2.24) is 5.32 Å². The highest BCUT2D eigenvalue weighted by Crippen LogP contribution is 2.26. The monoisotopic (exact) mass is 273 g/mol. The highest BCUT2D eigenvalue weighted by atomic mass is 32.2. The molecule has 1 saturated heterocycles.